The number of hydrogen-bond acceptors (Lipinski definition) is 4. The predicted molar refractivity (Wildman–Crippen MR) is 132 cm³/mol. The van der Waals surface area contributed by atoms with Crippen LogP contribution < -0.4 is 5.73 Å². The van der Waals surface area contributed by atoms with Crippen molar-refractivity contribution < 1.29 is 5.11 Å². The molecule has 2 aromatic carbocycles. The first-order chi connectivity index (χ1) is 15.8. The van der Waals surface area contributed by atoms with Gasteiger partial charge in [0.05, 0.1) is 22.5 Å². The zero-order valence-corrected chi connectivity index (χ0v) is 18.8. The smallest absolute Gasteiger partial charge is 0.161 e. The monoisotopic (exact) mass is 434 g/mol. The van der Waals surface area contributed by atoms with E-state index >= 15 is 0 Å². The van der Waals surface area contributed by atoms with E-state index in [4.69, 9.17) is 10.7 Å². The average molecular weight is 435 g/mol. The molecule has 5 heteroatoms. The number of hydrogen-bond donors (Lipinski definition) is 2. The van der Waals surface area contributed by atoms with Crippen LogP contribution in [0.2, 0.25) is 0 Å². The Morgan fingerprint density at radius 2 is 1.64 bits per heavy atom. The number of fused-ring (bicyclic) bond motifs is 3. The number of nitrogens with zero attached hydrogens (tertiary/aromatic N) is 3. The van der Waals surface area contributed by atoms with Crippen molar-refractivity contribution in [1.82, 2.24) is 14.6 Å². The Balaban J connectivity index is 1.53. The van der Waals surface area contributed by atoms with Crippen LogP contribution in [0, 0.1) is 6.92 Å². The molecule has 33 heavy (non-hydrogen) atoms. The minimum Gasteiger partial charge on any atom is -0.390 e. The van der Waals surface area contributed by atoms with E-state index in [2.05, 4.69) is 65.8 Å². The third-order valence-corrected chi connectivity index (χ3v) is 6.73. The number of pyridine rings is 2. The minimum absolute atomic E-state index is 0.472. The highest BCUT2D eigenvalue weighted by molar-refractivity contribution is 5.91. The van der Waals surface area contributed by atoms with E-state index in [1.807, 2.05) is 36.6 Å². The van der Waals surface area contributed by atoms with Crippen molar-refractivity contribution in [3.63, 3.8) is 0 Å². The molecule has 1 saturated carbocycles. The van der Waals surface area contributed by atoms with Gasteiger partial charge in [-0.05, 0) is 62.1 Å². The van der Waals surface area contributed by atoms with Gasteiger partial charge in [0.25, 0.3) is 0 Å². The molecular formula is C28H26N4O. The lowest BCUT2D eigenvalue weighted by Gasteiger charge is -2.49. The Bertz CT molecular complexity index is 1490. The summed E-state index contributed by atoms with van der Waals surface area (Å²) in [5.74, 6) is 0. The Hall–Kier alpha value is -3.54. The summed E-state index contributed by atoms with van der Waals surface area (Å²) >= 11 is 0. The summed E-state index contributed by atoms with van der Waals surface area (Å²) in [6, 6.07) is 27.1. The lowest BCUT2D eigenvalue weighted by atomic mass is 9.63. The summed E-state index contributed by atoms with van der Waals surface area (Å²) in [5, 5.41) is 15.9. The lowest BCUT2D eigenvalue weighted by Crippen LogP contribution is -2.58. The molecule has 0 aliphatic heterocycles. The number of benzene rings is 2. The van der Waals surface area contributed by atoms with Gasteiger partial charge in [-0.15, -0.1) is 0 Å². The Morgan fingerprint density at radius 3 is 2.33 bits per heavy atom. The molecule has 0 bridgehead atoms. The zero-order valence-electron chi connectivity index (χ0n) is 18.8. The number of aromatic nitrogens is 3. The Morgan fingerprint density at radius 1 is 0.909 bits per heavy atom. The van der Waals surface area contributed by atoms with Gasteiger partial charge in [0.1, 0.15) is 0 Å². The molecule has 3 aromatic heterocycles. The van der Waals surface area contributed by atoms with E-state index in [1.54, 1.807) is 0 Å². The van der Waals surface area contributed by atoms with Crippen molar-refractivity contribution in [3.05, 3.63) is 90.1 Å². The summed E-state index contributed by atoms with van der Waals surface area (Å²) in [6.45, 7) is 3.84. The fourth-order valence-corrected chi connectivity index (χ4v) is 5.32. The van der Waals surface area contributed by atoms with Gasteiger partial charge in [0.15, 0.2) is 5.65 Å². The highest BCUT2D eigenvalue weighted by atomic mass is 16.3. The molecular weight excluding hydrogens is 408 g/mol. The fraction of sp³-hybridized carbons (Fsp3) is 0.214. The minimum atomic E-state index is -0.679. The summed E-state index contributed by atoms with van der Waals surface area (Å²) in [6.07, 6.45) is 1.14. The second-order valence-corrected chi connectivity index (χ2v) is 9.70. The van der Waals surface area contributed by atoms with Crippen LogP contribution in [-0.4, -0.2) is 25.3 Å². The molecule has 0 radical (unpaired) electrons. The summed E-state index contributed by atoms with van der Waals surface area (Å²) < 4.78 is 1.92. The predicted octanol–water partition coefficient (Wildman–Crippen LogP) is 5.22. The maximum Gasteiger partial charge on any atom is 0.161 e. The molecule has 1 aliphatic carbocycles. The highest BCUT2D eigenvalue weighted by Crippen LogP contribution is 2.46. The molecule has 0 amide bonds. The SMILES string of the molecule is Cc1cc2ccc3cc(-c4ccccc4)c(-c4ccc([C@]5(N)C[C@@](C)(O)C5)cc4)nc3n2n1. The molecule has 3 N–H and O–H groups in total. The van der Waals surface area contributed by atoms with Gasteiger partial charge >= 0.3 is 0 Å². The largest absolute Gasteiger partial charge is 0.390 e. The van der Waals surface area contributed by atoms with Crippen molar-refractivity contribution in [2.45, 2.75) is 37.8 Å². The second kappa shape index (κ2) is 6.98. The number of aliphatic hydroxyl groups is 1. The van der Waals surface area contributed by atoms with Crippen LogP contribution in [0.3, 0.4) is 0 Å². The topological polar surface area (TPSA) is 76.4 Å². The molecule has 5 aromatic rings. The van der Waals surface area contributed by atoms with E-state index in [0.717, 1.165) is 50.2 Å². The van der Waals surface area contributed by atoms with Crippen LogP contribution in [0.1, 0.15) is 31.0 Å². The maximum atomic E-state index is 10.2. The summed E-state index contributed by atoms with van der Waals surface area (Å²) in [7, 11) is 0. The number of aryl methyl sites for hydroxylation is 1. The van der Waals surface area contributed by atoms with Crippen LogP contribution in [-0.2, 0) is 5.54 Å². The van der Waals surface area contributed by atoms with Gasteiger partial charge in [-0.1, -0.05) is 54.6 Å². The van der Waals surface area contributed by atoms with Crippen molar-refractivity contribution in [1.29, 1.82) is 0 Å². The molecule has 1 fully saturated rings. The van der Waals surface area contributed by atoms with Crippen molar-refractivity contribution >= 4 is 16.6 Å². The van der Waals surface area contributed by atoms with Gasteiger partial charge in [-0.3, -0.25) is 0 Å². The maximum absolute atomic E-state index is 10.2. The van der Waals surface area contributed by atoms with Crippen molar-refractivity contribution in [2.24, 2.45) is 5.73 Å². The van der Waals surface area contributed by atoms with E-state index in [-0.39, 0.29) is 0 Å². The van der Waals surface area contributed by atoms with Crippen molar-refractivity contribution in [3.8, 4) is 22.4 Å². The normalized spacial score (nSPS) is 22.5. The Labute approximate surface area is 192 Å². The van der Waals surface area contributed by atoms with Crippen molar-refractivity contribution in [2.75, 3.05) is 0 Å². The molecule has 0 unspecified atom stereocenters. The number of rotatable bonds is 3. The van der Waals surface area contributed by atoms with Crippen LogP contribution in [0.4, 0.5) is 0 Å². The molecule has 0 spiro atoms. The average Bonchev–Trinajstić information content (AvgIpc) is 3.18. The van der Waals surface area contributed by atoms with Crippen LogP contribution >= 0.6 is 0 Å². The first-order valence-electron chi connectivity index (χ1n) is 11.3. The van der Waals surface area contributed by atoms with Gasteiger partial charge in [-0.2, -0.15) is 5.10 Å². The van der Waals surface area contributed by atoms with Crippen LogP contribution in [0.15, 0.2) is 78.9 Å². The van der Waals surface area contributed by atoms with Crippen LogP contribution in [0.25, 0.3) is 38.9 Å². The van der Waals surface area contributed by atoms with E-state index < -0.39 is 11.1 Å². The molecule has 0 saturated heterocycles. The van der Waals surface area contributed by atoms with Gasteiger partial charge in [0, 0.05) is 22.1 Å². The molecule has 164 valence electrons. The van der Waals surface area contributed by atoms with Crippen LogP contribution in [0.5, 0.6) is 0 Å². The Kier molecular flexibility index (Phi) is 4.25. The molecule has 5 nitrogen and oxygen atoms in total. The molecule has 3 heterocycles. The van der Waals surface area contributed by atoms with E-state index in [9.17, 15) is 5.11 Å². The zero-order chi connectivity index (χ0) is 22.8. The summed E-state index contributed by atoms with van der Waals surface area (Å²) in [4.78, 5) is 5.14. The van der Waals surface area contributed by atoms with E-state index in [0.29, 0.717) is 12.8 Å². The third-order valence-electron chi connectivity index (χ3n) is 6.73. The molecule has 1 aliphatic rings. The van der Waals surface area contributed by atoms with Gasteiger partial charge in [-0.25, -0.2) is 9.50 Å². The first kappa shape index (κ1) is 20.1. The standard InChI is InChI=1S/C28H26N4O/c1-18-14-23-13-10-21-15-24(19-6-4-3-5-7-19)25(30-26(21)32(23)31-18)20-8-11-22(12-9-20)28(29)16-27(2,33)17-28/h3-15,33H,16-17,29H2,1-2H3/t27-,28+. The number of nitrogens with two attached hydrogens (primary N) is 1. The van der Waals surface area contributed by atoms with E-state index in [1.165, 1.54) is 0 Å². The quantitative estimate of drug-likeness (QED) is 0.408. The lowest BCUT2D eigenvalue weighted by molar-refractivity contribution is -0.0738. The third kappa shape index (κ3) is 3.32. The second-order valence-electron chi connectivity index (χ2n) is 9.70. The summed E-state index contributed by atoms with van der Waals surface area (Å²) in [5.41, 5.74) is 13.4. The highest BCUT2D eigenvalue weighted by Gasteiger charge is 2.49. The molecule has 6 rings (SSSR count). The first-order valence-corrected chi connectivity index (χ1v) is 11.3. The molecule has 0 atom stereocenters. The van der Waals surface area contributed by atoms with Gasteiger partial charge in [0.2, 0.25) is 0 Å². The van der Waals surface area contributed by atoms with Gasteiger partial charge < -0.3 is 10.8 Å². The fourth-order valence-electron chi connectivity index (χ4n) is 5.32.